The summed E-state index contributed by atoms with van der Waals surface area (Å²) in [7, 11) is 0. The van der Waals surface area contributed by atoms with Gasteiger partial charge in [0, 0.05) is 31.9 Å². The molecule has 0 saturated carbocycles. The fraction of sp³-hybridized carbons (Fsp3) is 0.571. The lowest BCUT2D eigenvalue weighted by Crippen LogP contribution is -2.32. The first-order chi connectivity index (χ1) is 7.92. The third-order valence-electron chi connectivity index (χ3n) is 2.54. The molecule has 0 aliphatic rings. The van der Waals surface area contributed by atoms with E-state index in [0.717, 1.165) is 12.1 Å². The van der Waals surface area contributed by atoms with Gasteiger partial charge in [0.2, 0.25) is 5.91 Å². The largest absolute Gasteiger partial charge is 0.339 e. The van der Waals surface area contributed by atoms with Crippen molar-refractivity contribution in [2.45, 2.75) is 40.7 Å². The molecule has 0 saturated heterocycles. The van der Waals surface area contributed by atoms with Gasteiger partial charge in [-0.1, -0.05) is 20.8 Å². The van der Waals surface area contributed by atoms with Crippen LogP contribution in [0, 0.1) is 5.41 Å². The van der Waals surface area contributed by atoms with Crippen LogP contribution in [-0.4, -0.2) is 22.3 Å². The number of hydrogen-bond acceptors (Lipinski definition) is 2. The first-order valence-electron chi connectivity index (χ1n) is 6.09. The van der Waals surface area contributed by atoms with E-state index >= 15 is 0 Å². The molecule has 0 spiro atoms. The molecule has 1 rings (SSSR count). The average Bonchev–Trinajstić information content (AvgIpc) is 2.24. The summed E-state index contributed by atoms with van der Waals surface area (Å²) < 4.78 is 0. The van der Waals surface area contributed by atoms with Gasteiger partial charge in [-0.25, -0.2) is 0 Å². The summed E-state index contributed by atoms with van der Waals surface area (Å²) in [4.78, 5) is 18.0. The maximum Gasteiger partial charge on any atom is 0.223 e. The van der Waals surface area contributed by atoms with Gasteiger partial charge in [-0.15, -0.1) is 0 Å². The molecule has 0 aliphatic carbocycles. The van der Waals surface area contributed by atoms with Crippen LogP contribution in [0.25, 0.3) is 0 Å². The number of pyridine rings is 1. The zero-order valence-electron chi connectivity index (χ0n) is 11.2. The molecule has 0 aliphatic heterocycles. The first kappa shape index (κ1) is 13.7. The van der Waals surface area contributed by atoms with E-state index in [4.69, 9.17) is 0 Å². The van der Waals surface area contributed by atoms with Crippen LogP contribution in [0.15, 0.2) is 24.5 Å². The Morgan fingerprint density at radius 2 is 1.88 bits per heavy atom. The van der Waals surface area contributed by atoms with Crippen LogP contribution in [0.2, 0.25) is 0 Å². The normalized spacial score (nSPS) is 11.3. The van der Waals surface area contributed by atoms with E-state index in [0.29, 0.717) is 13.0 Å². The van der Waals surface area contributed by atoms with Gasteiger partial charge in [0.15, 0.2) is 0 Å². The third kappa shape index (κ3) is 4.98. The van der Waals surface area contributed by atoms with Crippen LogP contribution >= 0.6 is 0 Å². The summed E-state index contributed by atoms with van der Waals surface area (Å²) in [6.45, 7) is 9.70. The van der Waals surface area contributed by atoms with Crippen molar-refractivity contribution in [2.24, 2.45) is 5.41 Å². The zero-order valence-corrected chi connectivity index (χ0v) is 11.2. The Labute approximate surface area is 104 Å². The van der Waals surface area contributed by atoms with E-state index < -0.39 is 0 Å². The molecular weight excluding hydrogens is 212 g/mol. The standard InChI is InChI=1S/C14H22N2O/c1-5-16(13(17)10-14(2,3)4)11-12-6-8-15-9-7-12/h6-9H,5,10-11H2,1-4H3. The van der Waals surface area contributed by atoms with E-state index in [1.165, 1.54) is 0 Å². The highest BCUT2D eigenvalue weighted by molar-refractivity contribution is 5.76. The van der Waals surface area contributed by atoms with Crippen molar-refractivity contribution in [1.82, 2.24) is 9.88 Å². The lowest BCUT2D eigenvalue weighted by atomic mass is 9.91. The topological polar surface area (TPSA) is 33.2 Å². The molecule has 17 heavy (non-hydrogen) atoms. The van der Waals surface area contributed by atoms with Gasteiger partial charge < -0.3 is 4.90 Å². The van der Waals surface area contributed by atoms with Crippen molar-refractivity contribution in [1.29, 1.82) is 0 Å². The fourth-order valence-electron chi connectivity index (χ4n) is 1.65. The van der Waals surface area contributed by atoms with E-state index in [2.05, 4.69) is 25.8 Å². The minimum atomic E-state index is 0.0444. The van der Waals surface area contributed by atoms with Gasteiger partial charge in [0.25, 0.3) is 0 Å². The summed E-state index contributed by atoms with van der Waals surface area (Å²) in [5, 5.41) is 0. The quantitative estimate of drug-likeness (QED) is 0.802. The molecule has 0 bridgehead atoms. The molecule has 0 atom stereocenters. The van der Waals surface area contributed by atoms with E-state index in [1.807, 2.05) is 24.0 Å². The highest BCUT2D eigenvalue weighted by atomic mass is 16.2. The van der Waals surface area contributed by atoms with Crippen molar-refractivity contribution in [3.05, 3.63) is 30.1 Å². The van der Waals surface area contributed by atoms with Crippen molar-refractivity contribution in [3.63, 3.8) is 0 Å². The second-order valence-electron chi connectivity index (χ2n) is 5.50. The summed E-state index contributed by atoms with van der Waals surface area (Å²) >= 11 is 0. The third-order valence-corrected chi connectivity index (χ3v) is 2.54. The van der Waals surface area contributed by atoms with Gasteiger partial charge in [-0.3, -0.25) is 9.78 Å². The van der Waals surface area contributed by atoms with Crippen LogP contribution in [0.3, 0.4) is 0 Å². The average molecular weight is 234 g/mol. The molecule has 94 valence electrons. The molecule has 0 fully saturated rings. The minimum absolute atomic E-state index is 0.0444. The smallest absolute Gasteiger partial charge is 0.223 e. The molecule has 0 radical (unpaired) electrons. The van der Waals surface area contributed by atoms with Crippen molar-refractivity contribution in [3.8, 4) is 0 Å². The Kier molecular flexibility index (Phi) is 4.67. The summed E-state index contributed by atoms with van der Waals surface area (Å²) in [6.07, 6.45) is 4.11. The van der Waals surface area contributed by atoms with Crippen molar-refractivity contribution < 1.29 is 4.79 Å². The molecule has 1 amide bonds. The van der Waals surface area contributed by atoms with Crippen LogP contribution in [0.4, 0.5) is 0 Å². The predicted molar refractivity (Wildman–Crippen MR) is 69.4 cm³/mol. The van der Waals surface area contributed by atoms with Crippen LogP contribution in [-0.2, 0) is 11.3 Å². The molecular formula is C14H22N2O. The number of hydrogen-bond donors (Lipinski definition) is 0. The number of carbonyl (C=O) groups excluding carboxylic acids is 1. The molecule has 1 aromatic rings. The monoisotopic (exact) mass is 234 g/mol. The second-order valence-corrected chi connectivity index (χ2v) is 5.50. The van der Waals surface area contributed by atoms with E-state index in [9.17, 15) is 4.79 Å². The number of aromatic nitrogens is 1. The predicted octanol–water partition coefficient (Wildman–Crippen LogP) is 2.87. The molecule has 0 unspecified atom stereocenters. The number of nitrogens with zero attached hydrogens (tertiary/aromatic N) is 2. The molecule has 1 heterocycles. The Hall–Kier alpha value is -1.38. The van der Waals surface area contributed by atoms with Gasteiger partial charge in [0.05, 0.1) is 0 Å². The Balaban J connectivity index is 2.63. The SMILES string of the molecule is CCN(Cc1ccncc1)C(=O)CC(C)(C)C. The van der Waals surface area contributed by atoms with Crippen molar-refractivity contribution >= 4 is 5.91 Å². The maximum atomic E-state index is 12.1. The highest BCUT2D eigenvalue weighted by Crippen LogP contribution is 2.20. The summed E-state index contributed by atoms with van der Waals surface area (Å²) in [5.74, 6) is 0.219. The number of rotatable bonds is 4. The lowest BCUT2D eigenvalue weighted by molar-refractivity contribution is -0.133. The van der Waals surface area contributed by atoms with Gasteiger partial charge >= 0.3 is 0 Å². The van der Waals surface area contributed by atoms with Crippen LogP contribution in [0.5, 0.6) is 0 Å². The second kappa shape index (κ2) is 5.80. The van der Waals surface area contributed by atoms with Gasteiger partial charge in [-0.2, -0.15) is 0 Å². The van der Waals surface area contributed by atoms with Crippen LogP contribution < -0.4 is 0 Å². The van der Waals surface area contributed by atoms with Gasteiger partial charge in [0.1, 0.15) is 0 Å². The maximum absolute atomic E-state index is 12.1. The Bertz CT molecular complexity index is 354. The van der Waals surface area contributed by atoms with E-state index in [1.54, 1.807) is 12.4 Å². The van der Waals surface area contributed by atoms with Gasteiger partial charge in [-0.05, 0) is 30.0 Å². The number of amides is 1. The minimum Gasteiger partial charge on any atom is -0.339 e. The summed E-state index contributed by atoms with van der Waals surface area (Å²) in [6, 6.07) is 3.90. The lowest BCUT2D eigenvalue weighted by Gasteiger charge is -2.25. The highest BCUT2D eigenvalue weighted by Gasteiger charge is 2.20. The zero-order chi connectivity index (χ0) is 12.9. The van der Waals surface area contributed by atoms with E-state index in [-0.39, 0.29) is 11.3 Å². The Morgan fingerprint density at radius 3 is 2.35 bits per heavy atom. The fourth-order valence-corrected chi connectivity index (χ4v) is 1.65. The van der Waals surface area contributed by atoms with Crippen molar-refractivity contribution in [2.75, 3.05) is 6.54 Å². The Morgan fingerprint density at radius 1 is 1.29 bits per heavy atom. The molecule has 3 heteroatoms. The first-order valence-corrected chi connectivity index (χ1v) is 6.09. The molecule has 0 aromatic carbocycles. The van der Waals surface area contributed by atoms with Crippen LogP contribution in [0.1, 0.15) is 39.7 Å². The molecule has 0 N–H and O–H groups in total. The number of carbonyl (C=O) groups is 1. The molecule has 3 nitrogen and oxygen atoms in total. The molecule has 1 aromatic heterocycles. The summed E-state index contributed by atoms with van der Waals surface area (Å²) in [5.41, 5.74) is 1.17.